The fraction of sp³-hybridized carbons (Fsp3) is 0.0500. The zero-order valence-corrected chi connectivity index (χ0v) is 15.5. The molecule has 3 aromatic rings. The molecule has 0 radical (unpaired) electrons. The van der Waals surface area contributed by atoms with Gasteiger partial charge in [-0.3, -0.25) is 4.31 Å². The van der Waals surface area contributed by atoms with Crippen molar-refractivity contribution in [3.05, 3.63) is 83.9 Å². The van der Waals surface area contributed by atoms with E-state index in [-0.39, 0.29) is 22.7 Å². The third kappa shape index (κ3) is 3.66. The van der Waals surface area contributed by atoms with Gasteiger partial charge in [-0.1, -0.05) is 18.2 Å². The van der Waals surface area contributed by atoms with Gasteiger partial charge >= 0.3 is 0 Å². The molecular weight excluding hydrogens is 386 g/mol. The Morgan fingerprint density at radius 3 is 2.21 bits per heavy atom. The Morgan fingerprint density at radius 1 is 0.929 bits per heavy atom. The number of ether oxygens (including phenoxy) is 1. The number of sulfonamides is 1. The second-order valence-electron chi connectivity index (χ2n) is 5.72. The highest BCUT2D eigenvalue weighted by atomic mass is 32.2. The molecule has 0 atom stereocenters. The lowest BCUT2D eigenvalue weighted by atomic mass is 10.2. The predicted molar refractivity (Wildman–Crippen MR) is 99.6 cm³/mol. The molecule has 142 valence electrons. The number of anilines is 1. The average Bonchev–Trinajstić information content (AvgIpc) is 2.68. The topological polar surface area (TPSA) is 70.4 Å². The summed E-state index contributed by atoms with van der Waals surface area (Å²) in [6.07, 6.45) is 0. The van der Waals surface area contributed by atoms with Crippen LogP contribution in [0.4, 0.5) is 14.5 Å². The molecule has 0 unspecified atom stereocenters. The largest absolute Gasteiger partial charge is 0.456 e. The number of nitriles is 1. The fourth-order valence-corrected chi connectivity index (χ4v) is 3.75. The van der Waals surface area contributed by atoms with Gasteiger partial charge in [0.05, 0.1) is 5.69 Å². The molecule has 28 heavy (non-hydrogen) atoms. The Labute approximate surface area is 161 Å². The smallest absolute Gasteiger partial charge is 0.266 e. The van der Waals surface area contributed by atoms with Gasteiger partial charge in [-0.15, -0.1) is 0 Å². The first kappa shape index (κ1) is 19.3. The second-order valence-corrected chi connectivity index (χ2v) is 7.66. The van der Waals surface area contributed by atoms with Crippen LogP contribution < -0.4 is 9.04 Å². The highest BCUT2D eigenvalue weighted by molar-refractivity contribution is 7.92. The van der Waals surface area contributed by atoms with Crippen molar-refractivity contribution in [2.24, 2.45) is 0 Å². The molecule has 0 saturated heterocycles. The molecule has 0 aromatic heterocycles. The van der Waals surface area contributed by atoms with Crippen LogP contribution in [0, 0.1) is 23.0 Å². The molecular formula is C20H14F2N2O3S. The lowest BCUT2D eigenvalue weighted by Crippen LogP contribution is -2.27. The molecule has 0 aliphatic carbocycles. The number of benzene rings is 3. The number of hydrogen-bond acceptors (Lipinski definition) is 4. The first-order chi connectivity index (χ1) is 13.3. The van der Waals surface area contributed by atoms with Gasteiger partial charge in [-0.25, -0.2) is 17.2 Å². The van der Waals surface area contributed by atoms with Crippen molar-refractivity contribution >= 4 is 15.7 Å². The van der Waals surface area contributed by atoms with Crippen molar-refractivity contribution in [2.75, 3.05) is 11.4 Å². The van der Waals surface area contributed by atoms with Crippen molar-refractivity contribution in [1.29, 1.82) is 5.26 Å². The SMILES string of the molecule is CN(c1ccc(Oc2cccc(F)c2C#N)cc1)S(=O)(=O)c1ccccc1F. The molecule has 0 aliphatic rings. The lowest BCUT2D eigenvalue weighted by Gasteiger charge is -2.20. The van der Waals surface area contributed by atoms with Crippen LogP contribution in [0.3, 0.4) is 0 Å². The number of rotatable bonds is 5. The lowest BCUT2D eigenvalue weighted by molar-refractivity contribution is 0.474. The van der Waals surface area contributed by atoms with E-state index in [1.54, 1.807) is 6.07 Å². The third-order valence-corrected chi connectivity index (χ3v) is 5.81. The van der Waals surface area contributed by atoms with Crippen LogP contribution >= 0.6 is 0 Å². The maximum Gasteiger partial charge on any atom is 0.266 e. The maximum absolute atomic E-state index is 13.9. The summed E-state index contributed by atoms with van der Waals surface area (Å²) in [6.45, 7) is 0. The molecule has 0 saturated carbocycles. The van der Waals surface area contributed by atoms with Crippen LogP contribution in [0.25, 0.3) is 0 Å². The molecule has 3 aromatic carbocycles. The van der Waals surface area contributed by atoms with Gasteiger partial charge in [-0.2, -0.15) is 5.26 Å². The molecule has 0 spiro atoms. The van der Waals surface area contributed by atoms with Crippen LogP contribution in [0.15, 0.2) is 71.6 Å². The molecule has 0 heterocycles. The predicted octanol–water partition coefficient (Wildman–Crippen LogP) is 4.45. The minimum absolute atomic E-state index is 0.0441. The van der Waals surface area contributed by atoms with Crippen molar-refractivity contribution < 1.29 is 21.9 Å². The molecule has 5 nitrogen and oxygen atoms in total. The zero-order valence-electron chi connectivity index (χ0n) is 14.6. The standard InChI is InChI=1S/C20H14F2N2O3S/c1-24(28(25,26)20-8-3-2-5-18(20)22)14-9-11-15(12-10-14)27-19-7-4-6-17(21)16(19)13-23/h2-12H,1H3. The van der Waals surface area contributed by atoms with Gasteiger partial charge in [-0.05, 0) is 48.5 Å². The highest BCUT2D eigenvalue weighted by Gasteiger charge is 2.24. The average molecular weight is 400 g/mol. The van der Waals surface area contributed by atoms with E-state index in [0.29, 0.717) is 0 Å². The van der Waals surface area contributed by atoms with E-state index in [1.165, 1.54) is 61.6 Å². The van der Waals surface area contributed by atoms with Gasteiger partial charge in [0.1, 0.15) is 39.7 Å². The Hall–Kier alpha value is -3.44. The normalized spacial score (nSPS) is 10.9. The zero-order chi connectivity index (χ0) is 20.3. The molecule has 0 fully saturated rings. The quantitative estimate of drug-likeness (QED) is 0.634. The van der Waals surface area contributed by atoms with E-state index in [9.17, 15) is 17.2 Å². The minimum Gasteiger partial charge on any atom is -0.456 e. The molecule has 8 heteroatoms. The van der Waals surface area contributed by atoms with Gasteiger partial charge in [0, 0.05) is 7.05 Å². The minimum atomic E-state index is -4.09. The molecule has 0 bridgehead atoms. The van der Waals surface area contributed by atoms with Gasteiger partial charge < -0.3 is 4.74 Å². The fourth-order valence-electron chi connectivity index (χ4n) is 2.49. The maximum atomic E-state index is 13.9. The number of halogens is 2. The van der Waals surface area contributed by atoms with Gasteiger partial charge in [0.2, 0.25) is 0 Å². The van der Waals surface area contributed by atoms with E-state index >= 15 is 0 Å². The highest BCUT2D eigenvalue weighted by Crippen LogP contribution is 2.29. The summed E-state index contributed by atoms with van der Waals surface area (Å²) < 4.78 is 59.2. The molecule has 3 rings (SSSR count). The van der Waals surface area contributed by atoms with Crippen LogP contribution in [0.1, 0.15) is 5.56 Å². The van der Waals surface area contributed by atoms with Gasteiger partial charge in [0.25, 0.3) is 10.0 Å². The Bertz CT molecular complexity index is 1160. The van der Waals surface area contributed by atoms with Crippen LogP contribution in [0.5, 0.6) is 11.5 Å². The van der Waals surface area contributed by atoms with E-state index in [1.807, 2.05) is 0 Å². The Morgan fingerprint density at radius 2 is 1.57 bits per heavy atom. The summed E-state index contributed by atoms with van der Waals surface area (Å²) in [4.78, 5) is -0.434. The van der Waals surface area contributed by atoms with Crippen molar-refractivity contribution in [1.82, 2.24) is 0 Å². The van der Waals surface area contributed by atoms with Gasteiger partial charge in [0.15, 0.2) is 0 Å². The van der Waals surface area contributed by atoms with E-state index < -0.39 is 26.6 Å². The first-order valence-corrected chi connectivity index (χ1v) is 9.48. The molecule has 0 N–H and O–H groups in total. The van der Waals surface area contributed by atoms with Crippen LogP contribution in [0.2, 0.25) is 0 Å². The summed E-state index contributed by atoms with van der Waals surface area (Å²) in [7, 11) is -2.78. The van der Waals surface area contributed by atoms with Crippen molar-refractivity contribution in [2.45, 2.75) is 4.90 Å². The summed E-state index contributed by atoms with van der Waals surface area (Å²) >= 11 is 0. The molecule has 0 amide bonds. The second kappa shape index (κ2) is 7.66. The van der Waals surface area contributed by atoms with Crippen LogP contribution in [-0.4, -0.2) is 15.5 Å². The Balaban J connectivity index is 1.86. The van der Waals surface area contributed by atoms with Crippen molar-refractivity contribution in [3.8, 4) is 17.6 Å². The van der Waals surface area contributed by atoms with E-state index in [2.05, 4.69) is 0 Å². The van der Waals surface area contributed by atoms with Crippen molar-refractivity contribution in [3.63, 3.8) is 0 Å². The molecule has 0 aliphatic heterocycles. The summed E-state index contributed by atoms with van der Waals surface area (Å²) in [5.74, 6) is -1.22. The van der Waals surface area contributed by atoms with Crippen LogP contribution in [-0.2, 0) is 10.0 Å². The van der Waals surface area contributed by atoms with E-state index in [4.69, 9.17) is 10.00 Å². The number of hydrogen-bond donors (Lipinski definition) is 0. The summed E-state index contributed by atoms with van der Waals surface area (Å²) in [5, 5.41) is 9.04. The summed E-state index contributed by atoms with van der Waals surface area (Å²) in [6, 6.07) is 16.7. The number of nitrogens with zero attached hydrogens (tertiary/aromatic N) is 2. The van der Waals surface area contributed by atoms with E-state index in [0.717, 1.165) is 16.4 Å². The monoisotopic (exact) mass is 400 g/mol. The summed E-state index contributed by atoms with van der Waals surface area (Å²) in [5.41, 5.74) is 0.0428. The first-order valence-electron chi connectivity index (χ1n) is 8.04. The third-order valence-electron chi connectivity index (χ3n) is 3.99. The Kier molecular flexibility index (Phi) is 5.29.